The van der Waals surface area contributed by atoms with Gasteiger partial charge in [0.1, 0.15) is 0 Å². The highest BCUT2D eigenvalue weighted by Gasteiger charge is 2.26. The Balaban J connectivity index is 1.73. The molecule has 2 aromatic rings. The van der Waals surface area contributed by atoms with Crippen LogP contribution >= 0.6 is 0 Å². The molecule has 3 rings (SSSR count). The third-order valence-corrected chi connectivity index (χ3v) is 4.11. The molecule has 0 unspecified atom stereocenters. The Morgan fingerprint density at radius 3 is 2.96 bits per heavy atom. The molecule has 0 spiro atoms. The minimum Gasteiger partial charge on any atom is -0.370 e. The largest absolute Gasteiger partial charge is 0.370 e. The third kappa shape index (κ3) is 3.79. The van der Waals surface area contributed by atoms with E-state index in [4.69, 9.17) is 4.74 Å². The molecule has 0 bridgehead atoms. The Bertz CT molecular complexity index is 651. The Kier molecular flexibility index (Phi) is 4.76. The first kappa shape index (κ1) is 15.7. The van der Waals surface area contributed by atoms with E-state index >= 15 is 0 Å². The predicted molar refractivity (Wildman–Crippen MR) is 87.5 cm³/mol. The van der Waals surface area contributed by atoms with E-state index in [1.807, 2.05) is 43.1 Å². The average Bonchev–Trinajstić information content (AvgIpc) is 2.91. The van der Waals surface area contributed by atoms with Gasteiger partial charge in [0.2, 0.25) is 5.91 Å². The van der Waals surface area contributed by atoms with Gasteiger partial charge in [0.25, 0.3) is 0 Å². The van der Waals surface area contributed by atoms with Crippen molar-refractivity contribution in [3.05, 3.63) is 54.1 Å². The average molecular weight is 313 g/mol. The van der Waals surface area contributed by atoms with Crippen molar-refractivity contribution in [2.75, 3.05) is 6.54 Å². The number of carbonyl (C=O) groups excluding carboxylic acids is 1. The molecule has 5 heteroatoms. The van der Waals surface area contributed by atoms with Crippen LogP contribution in [0, 0.1) is 5.92 Å². The molecule has 1 aliphatic rings. The molecule has 23 heavy (non-hydrogen) atoms. The molecule has 0 saturated carbocycles. The van der Waals surface area contributed by atoms with Gasteiger partial charge in [0.05, 0.1) is 25.8 Å². The molecule has 0 aromatic carbocycles. The SMILES string of the molecule is CC(C)C(=O)N1Cc2cccn2C[C@H](OCc2cccnc2)C1. The van der Waals surface area contributed by atoms with E-state index < -0.39 is 0 Å². The van der Waals surface area contributed by atoms with Crippen molar-refractivity contribution in [1.29, 1.82) is 0 Å². The van der Waals surface area contributed by atoms with Crippen LogP contribution in [-0.4, -0.2) is 33.0 Å². The minimum absolute atomic E-state index is 0.00418. The van der Waals surface area contributed by atoms with Crippen LogP contribution in [0.15, 0.2) is 42.9 Å². The van der Waals surface area contributed by atoms with Crippen molar-refractivity contribution >= 4 is 5.91 Å². The van der Waals surface area contributed by atoms with Crippen LogP contribution in [0.1, 0.15) is 25.1 Å². The van der Waals surface area contributed by atoms with Crippen molar-refractivity contribution in [1.82, 2.24) is 14.5 Å². The van der Waals surface area contributed by atoms with E-state index in [0.717, 1.165) is 17.8 Å². The van der Waals surface area contributed by atoms with Gasteiger partial charge in [-0.2, -0.15) is 0 Å². The highest BCUT2D eigenvalue weighted by atomic mass is 16.5. The standard InChI is InChI=1S/C18H23N3O2/c1-14(2)18(22)21-10-16-6-4-8-20(16)11-17(12-21)23-13-15-5-3-7-19-9-15/h3-9,14,17H,10-13H2,1-2H3/t17-/m0/s1. The highest BCUT2D eigenvalue weighted by molar-refractivity contribution is 5.78. The van der Waals surface area contributed by atoms with Gasteiger partial charge in [-0.25, -0.2) is 0 Å². The summed E-state index contributed by atoms with van der Waals surface area (Å²) < 4.78 is 8.26. The van der Waals surface area contributed by atoms with E-state index in [1.54, 1.807) is 6.20 Å². The number of hydrogen-bond acceptors (Lipinski definition) is 3. The Morgan fingerprint density at radius 2 is 2.22 bits per heavy atom. The lowest BCUT2D eigenvalue weighted by atomic mass is 10.1. The van der Waals surface area contributed by atoms with Crippen molar-refractivity contribution < 1.29 is 9.53 Å². The van der Waals surface area contributed by atoms with Crippen LogP contribution in [0.25, 0.3) is 0 Å². The van der Waals surface area contributed by atoms with Gasteiger partial charge in [-0.1, -0.05) is 19.9 Å². The molecule has 1 atom stereocenters. The molecule has 0 saturated heterocycles. The first-order valence-electron chi connectivity index (χ1n) is 8.07. The lowest BCUT2D eigenvalue weighted by Gasteiger charge is -2.26. The van der Waals surface area contributed by atoms with Gasteiger partial charge in [0, 0.05) is 36.7 Å². The van der Waals surface area contributed by atoms with Gasteiger partial charge in [-0.3, -0.25) is 9.78 Å². The second kappa shape index (κ2) is 6.96. The smallest absolute Gasteiger partial charge is 0.225 e. The zero-order valence-corrected chi connectivity index (χ0v) is 13.7. The molecule has 3 heterocycles. The highest BCUT2D eigenvalue weighted by Crippen LogP contribution is 2.18. The van der Waals surface area contributed by atoms with E-state index in [9.17, 15) is 4.79 Å². The fourth-order valence-electron chi connectivity index (χ4n) is 2.89. The second-order valence-electron chi connectivity index (χ2n) is 6.32. The lowest BCUT2D eigenvalue weighted by Crippen LogP contribution is -2.39. The summed E-state index contributed by atoms with van der Waals surface area (Å²) in [4.78, 5) is 18.5. The number of pyridine rings is 1. The zero-order chi connectivity index (χ0) is 16.2. The van der Waals surface area contributed by atoms with Crippen molar-refractivity contribution in [3.8, 4) is 0 Å². The molecule has 122 valence electrons. The van der Waals surface area contributed by atoms with Crippen LogP contribution in [0.4, 0.5) is 0 Å². The Labute approximate surface area is 136 Å². The van der Waals surface area contributed by atoms with Crippen LogP contribution in [-0.2, 0) is 29.2 Å². The molecule has 1 aliphatic heterocycles. The quantitative estimate of drug-likeness (QED) is 0.871. The van der Waals surface area contributed by atoms with Gasteiger partial charge < -0.3 is 14.2 Å². The maximum Gasteiger partial charge on any atom is 0.225 e. The molecule has 0 radical (unpaired) electrons. The first-order valence-corrected chi connectivity index (χ1v) is 8.07. The van der Waals surface area contributed by atoms with Crippen LogP contribution < -0.4 is 0 Å². The fraction of sp³-hybridized carbons (Fsp3) is 0.444. The molecular weight excluding hydrogens is 290 g/mol. The van der Waals surface area contributed by atoms with Gasteiger partial charge in [-0.05, 0) is 23.8 Å². The monoisotopic (exact) mass is 313 g/mol. The summed E-state index contributed by atoms with van der Waals surface area (Å²) in [5.41, 5.74) is 2.21. The number of nitrogens with zero attached hydrogens (tertiary/aromatic N) is 3. The van der Waals surface area contributed by atoms with E-state index in [1.165, 1.54) is 0 Å². The molecule has 0 N–H and O–H groups in total. The van der Waals surface area contributed by atoms with Crippen molar-refractivity contribution in [3.63, 3.8) is 0 Å². The normalized spacial score (nSPS) is 17.9. The molecule has 0 fully saturated rings. The van der Waals surface area contributed by atoms with Crippen molar-refractivity contribution in [2.24, 2.45) is 5.92 Å². The number of aromatic nitrogens is 2. The van der Waals surface area contributed by atoms with Gasteiger partial charge in [-0.15, -0.1) is 0 Å². The number of fused-ring (bicyclic) bond motifs is 1. The first-order chi connectivity index (χ1) is 11.1. The fourth-order valence-corrected chi connectivity index (χ4v) is 2.89. The summed E-state index contributed by atoms with van der Waals surface area (Å²) in [5, 5.41) is 0. The summed E-state index contributed by atoms with van der Waals surface area (Å²) in [6.07, 6.45) is 5.60. The summed E-state index contributed by atoms with van der Waals surface area (Å²) in [5.74, 6) is 0.171. The van der Waals surface area contributed by atoms with E-state index in [0.29, 0.717) is 19.7 Å². The second-order valence-corrected chi connectivity index (χ2v) is 6.32. The van der Waals surface area contributed by atoms with E-state index in [-0.39, 0.29) is 17.9 Å². The molecule has 0 aliphatic carbocycles. The van der Waals surface area contributed by atoms with Gasteiger partial charge in [0.15, 0.2) is 0 Å². The molecule has 1 amide bonds. The topological polar surface area (TPSA) is 47.4 Å². The van der Waals surface area contributed by atoms with E-state index in [2.05, 4.69) is 21.8 Å². The van der Waals surface area contributed by atoms with Crippen molar-refractivity contribution in [2.45, 2.75) is 39.6 Å². The van der Waals surface area contributed by atoms with Crippen LogP contribution in [0.3, 0.4) is 0 Å². The zero-order valence-electron chi connectivity index (χ0n) is 13.7. The van der Waals surface area contributed by atoms with Crippen LogP contribution in [0.5, 0.6) is 0 Å². The lowest BCUT2D eigenvalue weighted by molar-refractivity contribution is -0.137. The van der Waals surface area contributed by atoms with Crippen LogP contribution in [0.2, 0.25) is 0 Å². The minimum atomic E-state index is -0.0217. The summed E-state index contributed by atoms with van der Waals surface area (Å²) >= 11 is 0. The summed E-state index contributed by atoms with van der Waals surface area (Å²) in [6.45, 7) is 6.44. The number of amides is 1. The Morgan fingerprint density at radius 1 is 1.35 bits per heavy atom. The number of ether oxygens (including phenoxy) is 1. The molecule has 2 aromatic heterocycles. The maximum atomic E-state index is 12.5. The third-order valence-electron chi connectivity index (χ3n) is 4.11. The maximum absolute atomic E-state index is 12.5. The predicted octanol–water partition coefficient (Wildman–Crippen LogP) is 2.47. The summed E-state index contributed by atoms with van der Waals surface area (Å²) in [6, 6.07) is 8.01. The molecular formula is C18H23N3O2. The van der Waals surface area contributed by atoms with Gasteiger partial charge >= 0.3 is 0 Å². The number of carbonyl (C=O) groups is 1. The Hall–Kier alpha value is -2.14. The summed E-state index contributed by atoms with van der Waals surface area (Å²) in [7, 11) is 0. The number of hydrogen-bond donors (Lipinski definition) is 0. The number of rotatable bonds is 4. The molecule has 5 nitrogen and oxygen atoms in total.